The van der Waals surface area contributed by atoms with E-state index < -0.39 is 0 Å². The van der Waals surface area contributed by atoms with Gasteiger partial charge < -0.3 is 4.74 Å². The molecule has 0 aromatic heterocycles. The lowest BCUT2D eigenvalue weighted by atomic mass is 10.1. The van der Waals surface area contributed by atoms with E-state index in [-0.39, 0.29) is 11.8 Å². The molecule has 0 radical (unpaired) electrons. The number of Topliss-reactive ketones (excluding diaryl/α,β-unsaturated/α-hetero) is 1. The van der Waals surface area contributed by atoms with E-state index in [1.54, 1.807) is 31.2 Å². The van der Waals surface area contributed by atoms with Crippen LogP contribution < -0.4 is 0 Å². The fourth-order valence-corrected chi connectivity index (χ4v) is 1.21. The molecule has 1 aromatic rings. The highest BCUT2D eigenvalue weighted by molar-refractivity contribution is 5.97. The number of hydrogen-bond donors (Lipinski definition) is 0. The molecule has 0 unspecified atom stereocenters. The van der Waals surface area contributed by atoms with Gasteiger partial charge in [0.05, 0.1) is 12.2 Å². The normalized spacial score (nSPS) is 9.73. The minimum absolute atomic E-state index is 0.0745. The first kappa shape index (κ1) is 11.4. The van der Waals surface area contributed by atoms with Gasteiger partial charge in [-0.1, -0.05) is 19.1 Å². The number of carbonyl (C=O) groups is 2. The summed E-state index contributed by atoms with van der Waals surface area (Å²) in [5.74, 6) is -0.279. The molecule has 80 valence electrons. The van der Waals surface area contributed by atoms with Gasteiger partial charge >= 0.3 is 5.97 Å². The van der Waals surface area contributed by atoms with Crippen LogP contribution in [0.25, 0.3) is 0 Å². The molecule has 0 saturated heterocycles. The zero-order valence-electron chi connectivity index (χ0n) is 8.95. The van der Waals surface area contributed by atoms with Crippen molar-refractivity contribution in [3.8, 4) is 0 Å². The number of benzene rings is 1. The third-order valence-corrected chi connectivity index (χ3v) is 2.04. The van der Waals surface area contributed by atoms with Crippen molar-refractivity contribution in [2.75, 3.05) is 6.61 Å². The highest BCUT2D eigenvalue weighted by Gasteiger charge is 2.07. The number of ether oxygens (including phenoxy) is 1. The van der Waals surface area contributed by atoms with Crippen molar-refractivity contribution in [1.29, 1.82) is 0 Å². The van der Waals surface area contributed by atoms with E-state index in [1.807, 2.05) is 6.92 Å². The third kappa shape index (κ3) is 2.91. The van der Waals surface area contributed by atoms with E-state index in [4.69, 9.17) is 4.74 Å². The highest BCUT2D eigenvalue weighted by atomic mass is 16.5. The van der Waals surface area contributed by atoms with Crippen LogP contribution in [0.5, 0.6) is 0 Å². The molecule has 0 aliphatic carbocycles. The van der Waals surface area contributed by atoms with E-state index in [0.29, 0.717) is 24.2 Å². The molecule has 3 nitrogen and oxygen atoms in total. The number of carbonyl (C=O) groups excluding carboxylic acids is 2. The summed E-state index contributed by atoms with van der Waals surface area (Å²) in [6.07, 6.45) is 0.471. The van der Waals surface area contributed by atoms with E-state index >= 15 is 0 Å². The SMILES string of the molecule is CCOC(=O)c1ccc(C(=O)CC)cc1. The van der Waals surface area contributed by atoms with Crippen molar-refractivity contribution in [3.63, 3.8) is 0 Å². The average Bonchev–Trinajstić information content (AvgIpc) is 2.28. The summed E-state index contributed by atoms with van der Waals surface area (Å²) in [6, 6.07) is 6.53. The van der Waals surface area contributed by atoms with Crippen LogP contribution in [0.15, 0.2) is 24.3 Å². The Labute approximate surface area is 89.1 Å². The second kappa shape index (κ2) is 5.29. The Hall–Kier alpha value is -1.64. The van der Waals surface area contributed by atoms with Gasteiger partial charge in [0, 0.05) is 12.0 Å². The second-order valence-corrected chi connectivity index (χ2v) is 3.07. The molecular weight excluding hydrogens is 192 g/mol. The van der Waals surface area contributed by atoms with Crippen molar-refractivity contribution < 1.29 is 14.3 Å². The van der Waals surface area contributed by atoms with Crippen LogP contribution in [0, 0.1) is 0 Å². The summed E-state index contributed by atoms with van der Waals surface area (Å²) in [5, 5.41) is 0. The molecule has 0 heterocycles. The molecular formula is C12H14O3. The van der Waals surface area contributed by atoms with Crippen molar-refractivity contribution in [2.45, 2.75) is 20.3 Å². The third-order valence-electron chi connectivity index (χ3n) is 2.04. The molecule has 3 heteroatoms. The zero-order valence-corrected chi connectivity index (χ0v) is 8.95. The van der Waals surface area contributed by atoms with Gasteiger partial charge in [-0.25, -0.2) is 4.79 Å². The van der Waals surface area contributed by atoms with Gasteiger partial charge in [-0.05, 0) is 19.1 Å². The molecule has 1 aromatic carbocycles. The van der Waals surface area contributed by atoms with Gasteiger partial charge in [0.25, 0.3) is 0 Å². The Morgan fingerprint density at radius 2 is 1.60 bits per heavy atom. The number of hydrogen-bond acceptors (Lipinski definition) is 3. The van der Waals surface area contributed by atoms with Crippen LogP contribution >= 0.6 is 0 Å². The van der Waals surface area contributed by atoms with Crippen molar-refractivity contribution >= 4 is 11.8 Å². The lowest BCUT2D eigenvalue weighted by molar-refractivity contribution is 0.0526. The van der Waals surface area contributed by atoms with E-state index in [9.17, 15) is 9.59 Å². The molecule has 0 amide bonds. The minimum Gasteiger partial charge on any atom is -0.462 e. The van der Waals surface area contributed by atoms with Gasteiger partial charge in [0.2, 0.25) is 0 Å². The summed E-state index contributed by atoms with van der Waals surface area (Å²) in [5.41, 5.74) is 1.11. The second-order valence-electron chi connectivity index (χ2n) is 3.07. The quantitative estimate of drug-likeness (QED) is 0.561. The number of ketones is 1. The van der Waals surface area contributed by atoms with E-state index in [0.717, 1.165) is 0 Å². The molecule has 0 saturated carbocycles. The van der Waals surface area contributed by atoms with Crippen LogP contribution in [0.2, 0.25) is 0 Å². The molecule has 0 aliphatic heterocycles. The Morgan fingerprint density at radius 1 is 1.07 bits per heavy atom. The Kier molecular flexibility index (Phi) is 4.03. The van der Waals surface area contributed by atoms with Crippen molar-refractivity contribution in [3.05, 3.63) is 35.4 Å². The summed E-state index contributed by atoms with van der Waals surface area (Å²) < 4.78 is 4.83. The molecule has 0 N–H and O–H groups in total. The largest absolute Gasteiger partial charge is 0.462 e. The summed E-state index contributed by atoms with van der Waals surface area (Å²) >= 11 is 0. The molecule has 0 aliphatic rings. The summed E-state index contributed by atoms with van der Waals surface area (Å²) in [6.45, 7) is 3.92. The maximum Gasteiger partial charge on any atom is 0.338 e. The molecule has 15 heavy (non-hydrogen) atoms. The first-order valence-corrected chi connectivity index (χ1v) is 4.99. The molecule has 1 rings (SSSR count). The van der Waals surface area contributed by atoms with Gasteiger partial charge in [0.1, 0.15) is 0 Å². The first-order chi connectivity index (χ1) is 7.19. The molecule has 0 spiro atoms. The summed E-state index contributed by atoms with van der Waals surface area (Å²) in [7, 11) is 0. The maximum atomic E-state index is 11.3. The zero-order chi connectivity index (χ0) is 11.3. The van der Waals surface area contributed by atoms with Crippen LogP contribution in [-0.2, 0) is 4.74 Å². The van der Waals surface area contributed by atoms with Crippen LogP contribution in [0.3, 0.4) is 0 Å². The van der Waals surface area contributed by atoms with Crippen LogP contribution in [-0.4, -0.2) is 18.4 Å². The lowest BCUT2D eigenvalue weighted by Crippen LogP contribution is -2.05. The molecule has 0 bridgehead atoms. The number of rotatable bonds is 4. The molecule has 0 atom stereocenters. The van der Waals surface area contributed by atoms with Crippen molar-refractivity contribution in [1.82, 2.24) is 0 Å². The minimum atomic E-state index is -0.354. The van der Waals surface area contributed by atoms with Gasteiger partial charge in [-0.2, -0.15) is 0 Å². The maximum absolute atomic E-state index is 11.3. The van der Waals surface area contributed by atoms with Crippen molar-refractivity contribution in [2.24, 2.45) is 0 Å². The van der Waals surface area contributed by atoms with Gasteiger partial charge in [-0.15, -0.1) is 0 Å². The van der Waals surface area contributed by atoms with E-state index in [2.05, 4.69) is 0 Å². The predicted molar refractivity (Wildman–Crippen MR) is 57.0 cm³/mol. The Bertz CT molecular complexity index is 352. The van der Waals surface area contributed by atoms with Crippen LogP contribution in [0.4, 0.5) is 0 Å². The molecule has 0 fully saturated rings. The van der Waals surface area contributed by atoms with E-state index in [1.165, 1.54) is 0 Å². The lowest BCUT2D eigenvalue weighted by Gasteiger charge is -2.02. The topological polar surface area (TPSA) is 43.4 Å². The Morgan fingerprint density at radius 3 is 2.07 bits per heavy atom. The average molecular weight is 206 g/mol. The fraction of sp³-hybridized carbons (Fsp3) is 0.333. The smallest absolute Gasteiger partial charge is 0.338 e. The Balaban J connectivity index is 2.80. The number of esters is 1. The monoisotopic (exact) mass is 206 g/mol. The highest BCUT2D eigenvalue weighted by Crippen LogP contribution is 2.08. The van der Waals surface area contributed by atoms with Crippen LogP contribution in [0.1, 0.15) is 41.0 Å². The standard InChI is InChI=1S/C12H14O3/c1-3-11(13)9-5-7-10(8-6-9)12(14)15-4-2/h5-8H,3-4H2,1-2H3. The summed E-state index contributed by atoms with van der Waals surface area (Å²) in [4.78, 5) is 22.6. The van der Waals surface area contributed by atoms with Gasteiger partial charge in [-0.3, -0.25) is 4.79 Å². The fourth-order valence-electron chi connectivity index (χ4n) is 1.21. The van der Waals surface area contributed by atoms with Gasteiger partial charge in [0.15, 0.2) is 5.78 Å². The first-order valence-electron chi connectivity index (χ1n) is 4.99. The predicted octanol–water partition coefficient (Wildman–Crippen LogP) is 2.46.